The Kier molecular flexibility index (Phi) is 4.78. The summed E-state index contributed by atoms with van der Waals surface area (Å²) in [6.07, 6.45) is 2.63. The molecule has 0 atom stereocenters. The highest BCUT2D eigenvalue weighted by Crippen LogP contribution is 2.05. The van der Waals surface area contributed by atoms with E-state index < -0.39 is 0 Å². The molecule has 4 heteroatoms. The van der Waals surface area contributed by atoms with Gasteiger partial charge in [0, 0.05) is 13.1 Å². The van der Waals surface area contributed by atoms with E-state index in [1.165, 1.54) is 33.0 Å². The topological polar surface area (TPSA) is 41.6 Å². The smallest absolute Gasteiger partial charge is 0.319 e. The number of carbonyl (C=O) groups is 1. The fraction of sp³-hybridized carbons (Fsp3) is 0.889. The Morgan fingerprint density at radius 2 is 2.15 bits per heavy atom. The number of ether oxygens (including phenoxy) is 1. The molecule has 0 aromatic heterocycles. The second kappa shape index (κ2) is 5.94. The molecule has 0 aliphatic carbocycles. The first-order valence-corrected chi connectivity index (χ1v) is 4.83. The first kappa shape index (κ1) is 10.5. The summed E-state index contributed by atoms with van der Waals surface area (Å²) in [5.74, 6) is -0.193. The summed E-state index contributed by atoms with van der Waals surface area (Å²) in [6, 6.07) is 0. The van der Waals surface area contributed by atoms with Crippen LogP contribution in [-0.4, -0.2) is 50.7 Å². The maximum absolute atomic E-state index is 10.7. The van der Waals surface area contributed by atoms with Gasteiger partial charge >= 0.3 is 5.97 Å². The molecule has 0 saturated carbocycles. The van der Waals surface area contributed by atoms with Gasteiger partial charge in [0.1, 0.15) is 0 Å². The molecule has 1 N–H and O–H groups in total. The van der Waals surface area contributed by atoms with Crippen LogP contribution in [0, 0.1) is 0 Å². The number of likely N-dealkylation sites (tertiary alicyclic amines) is 1. The van der Waals surface area contributed by atoms with Gasteiger partial charge in [-0.3, -0.25) is 4.79 Å². The second-order valence-corrected chi connectivity index (χ2v) is 3.30. The lowest BCUT2D eigenvalue weighted by molar-refractivity contribution is -0.139. The summed E-state index contributed by atoms with van der Waals surface area (Å²) < 4.78 is 4.51. The van der Waals surface area contributed by atoms with Crippen LogP contribution in [0.2, 0.25) is 0 Å². The van der Waals surface area contributed by atoms with Crippen molar-refractivity contribution in [2.24, 2.45) is 0 Å². The number of methoxy groups -OCH3 is 1. The Hall–Kier alpha value is -0.610. The SMILES string of the molecule is COC(=O)CNCCN1CCCC1. The van der Waals surface area contributed by atoms with Crippen molar-refractivity contribution >= 4 is 5.97 Å². The molecule has 13 heavy (non-hydrogen) atoms. The van der Waals surface area contributed by atoms with E-state index in [4.69, 9.17) is 0 Å². The predicted molar refractivity (Wildman–Crippen MR) is 50.6 cm³/mol. The first-order chi connectivity index (χ1) is 6.33. The van der Waals surface area contributed by atoms with Crippen molar-refractivity contribution in [1.29, 1.82) is 0 Å². The summed E-state index contributed by atoms with van der Waals surface area (Å²) in [5.41, 5.74) is 0. The van der Waals surface area contributed by atoms with Crippen molar-refractivity contribution in [3.05, 3.63) is 0 Å². The van der Waals surface area contributed by atoms with E-state index in [-0.39, 0.29) is 5.97 Å². The minimum absolute atomic E-state index is 0.193. The van der Waals surface area contributed by atoms with E-state index in [0.717, 1.165) is 13.1 Å². The Morgan fingerprint density at radius 3 is 2.77 bits per heavy atom. The third-order valence-electron chi connectivity index (χ3n) is 2.30. The van der Waals surface area contributed by atoms with E-state index in [1.54, 1.807) is 0 Å². The van der Waals surface area contributed by atoms with Crippen LogP contribution in [-0.2, 0) is 9.53 Å². The minimum atomic E-state index is -0.193. The lowest BCUT2D eigenvalue weighted by Gasteiger charge is -2.14. The second-order valence-electron chi connectivity index (χ2n) is 3.30. The van der Waals surface area contributed by atoms with Crippen LogP contribution in [0.1, 0.15) is 12.8 Å². The van der Waals surface area contributed by atoms with Crippen molar-refractivity contribution < 1.29 is 9.53 Å². The molecule has 1 aliphatic heterocycles. The van der Waals surface area contributed by atoms with Crippen molar-refractivity contribution in [2.45, 2.75) is 12.8 Å². The number of rotatable bonds is 5. The molecule has 1 fully saturated rings. The molecule has 0 aromatic carbocycles. The first-order valence-electron chi connectivity index (χ1n) is 4.83. The van der Waals surface area contributed by atoms with Crippen LogP contribution in [0.5, 0.6) is 0 Å². The van der Waals surface area contributed by atoms with Gasteiger partial charge in [0.15, 0.2) is 0 Å². The monoisotopic (exact) mass is 186 g/mol. The van der Waals surface area contributed by atoms with Gasteiger partial charge in [0.2, 0.25) is 0 Å². The number of nitrogens with one attached hydrogen (secondary N) is 1. The molecule has 0 bridgehead atoms. The third kappa shape index (κ3) is 4.24. The largest absolute Gasteiger partial charge is 0.468 e. The van der Waals surface area contributed by atoms with E-state index in [2.05, 4.69) is 15.0 Å². The van der Waals surface area contributed by atoms with Gasteiger partial charge in [-0.05, 0) is 25.9 Å². The van der Waals surface area contributed by atoms with E-state index in [1.807, 2.05) is 0 Å². The summed E-state index contributed by atoms with van der Waals surface area (Å²) in [5, 5.41) is 3.05. The molecule has 4 nitrogen and oxygen atoms in total. The predicted octanol–water partition coefficient (Wildman–Crippen LogP) is -0.155. The van der Waals surface area contributed by atoms with Gasteiger partial charge in [-0.2, -0.15) is 0 Å². The number of hydrogen-bond donors (Lipinski definition) is 1. The normalized spacial score (nSPS) is 17.6. The summed E-state index contributed by atoms with van der Waals surface area (Å²) in [7, 11) is 1.41. The fourth-order valence-electron chi connectivity index (χ4n) is 1.51. The van der Waals surface area contributed by atoms with Gasteiger partial charge in [-0.25, -0.2) is 0 Å². The lowest BCUT2D eigenvalue weighted by atomic mass is 10.4. The number of hydrogen-bond acceptors (Lipinski definition) is 4. The summed E-state index contributed by atoms with van der Waals surface area (Å²) in [4.78, 5) is 13.1. The van der Waals surface area contributed by atoms with Crippen LogP contribution in [0.15, 0.2) is 0 Å². The van der Waals surface area contributed by atoms with Gasteiger partial charge in [0.25, 0.3) is 0 Å². The zero-order valence-electron chi connectivity index (χ0n) is 8.21. The molecule has 0 radical (unpaired) electrons. The fourth-order valence-corrected chi connectivity index (χ4v) is 1.51. The van der Waals surface area contributed by atoms with Gasteiger partial charge in [0.05, 0.1) is 13.7 Å². The highest BCUT2D eigenvalue weighted by Gasteiger charge is 2.10. The molecular weight excluding hydrogens is 168 g/mol. The zero-order valence-corrected chi connectivity index (χ0v) is 8.21. The average Bonchev–Trinajstić information content (AvgIpc) is 2.64. The van der Waals surface area contributed by atoms with E-state index >= 15 is 0 Å². The Labute approximate surface area is 79.2 Å². The zero-order chi connectivity index (χ0) is 9.52. The highest BCUT2D eigenvalue weighted by atomic mass is 16.5. The maximum atomic E-state index is 10.7. The van der Waals surface area contributed by atoms with Crippen molar-refractivity contribution in [3.63, 3.8) is 0 Å². The quantitative estimate of drug-likeness (QED) is 0.479. The molecule has 0 unspecified atom stereocenters. The Balaban J connectivity index is 1.91. The van der Waals surface area contributed by atoms with Crippen molar-refractivity contribution in [2.75, 3.05) is 39.8 Å². The van der Waals surface area contributed by atoms with Crippen LogP contribution in [0.4, 0.5) is 0 Å². The number of esters is 1. The van der Waals surface area contributed by atoms with Gasteiger partial charge in [-0.1, -0.05) is 0 Å². The van der Waals surface area contributed by atoms with Gasteiger partial charge < -0.3 is 15.0 Å². The Bertz CT molecular complexity index is 156. The third-order valence-corrected chi connectivity index (χ3v) is 2.30. The van der Waals surface area contributed by atoms with Gasteiger partial charge in [-0.15, -0.1) is 0 Å². The number of nitrogens with zero attached hydrogens (tertiary/aromatic N) is 1. The van der Waals surface area contributed by atoms with E-state index in [0.29, 0.717) is 6.54 Å². The molecule has 76 valence electrons. The standard InChI is InChI=1S/C9H18N2O2/c1-13-9(12)8-10-4-7-11-5-2-3-6-11/h10H,2-8H2,1H3. The molecule has 1 saturated heterocycles. The maximum Gasteiger partial charge on any atom is 0.319 e. The van der Waals surface area contributed by atoms with E-state index in [9.17, 15) is 4.79 Å². The molecule has 1 heterocycles. The lowest BCUT2D eigenvalue weighted by Crippen LogP contribution is -2.33. The highest BCUT2D eigenvalue weighted by molar-refractivity contribution is 5.71. The Morgan fingerprint density at radius 1 is 1.46 bits per heavy atom. The minimum Gasteiger partial charge on any atom is -0.468 e. The van der Waals surface area contributed by atoms with Crippen LogP contribution in [0.3, 0.4) is 0 Å². The van der Waals surface area contributed by atoms with Crippen LogP contribution >= 0.6 is 0 Å². The van der Waals surface area contributed by atoms with Crippen molar-refractivity contribution in [3.8, 4) is 0 Å². The molecule has 0 spiro atoms. The number of carbonyl (C=O) groups excluding carboxylic acids is 1. The molecule has 0 aromatic rings. The summed E-state index contributed by atoms with van der Waals surface area (Å²) in [6.45, 7) is 4.65. The van der Waals surface area contributed by atoms with Crippen LogP contribution < -0.4 is 5.32 Å². The molecule has 1 aliphatic rings. The summed E-state index contributed by atoms with van der Waals surface area (Å²) >= 11 is 0. The van der Waals surface area contributed by atoms with Crippen LogP contribution in [0.25, 0.3) is 0 Å². The van der Waals surface area contributed by atoms with Crippen molar-refractivity contribution in [1.82, 2.24) is 10.2 Å². The average molecular weight is 186 g/mol. The molecular formula is C9H18N2O2. The molecule has 1 rings (SSSR count). The molecule has 0 amide bonds.